The Balaban J connectivity index is 1.73. The number of carbonyl (C=O) groups is 1. The third-order valence-electron chi connectivity index (χ3n) is 5.88. The van der Waals surface area contributed by atoms with Crippen LogP contribution in [0.3, 0.4) is 0 Å². The SMILES string of the molecule is COc1cc([C@@H]2N=C(SCc3ccc(Cl)cc3Cl)NC(C)=C2C(=O)Nc2ccccc2)cc(OC)c1OC. The first kappa shape index (κ1) is 27.7. The van der Waals surface area contributed by atoms with Gasteiger partial charge in [0.1, 0.15) is 6.04 Å². The van der Waals surface area contributed by atoms with Crippen molar-refractivity contribution < 1.29 is 19.0 Å². The van der Waals surface area contributed by atoms with Crippen LogP contribution in [0.2, 0.25) is 10.0 Å². The van der Waals surface area contributed by atoms with E-state index in [0.717, 1.165) is 5.56 Å². The molecule has 10 heteroatoms. The number of methoxy groups -OCH3 is 3. The van der Waals surface area contributed by atoms with Crippen LogP contribution < -0.4 is 24.8 Å². The van der Waals surface area contributed by atoms with Gasteiger partial charge in [0.25, 0.3) is 5.91 Å². The maximum absolute atomic E-state index is 13.6. The van der Waals surface area contributed by atoms with Gasteiger partial charge >= 0.3 is 0 Å². The predicted octanol–water partition coefficient (Wildman–Crippen LogP) is 6.87. The summed E-state index contributed by atoms with van der Waals surface area (Å²) in [6.45, 7) is 1.86. The number of hydrogen-bond donors (Lipinski definition) is 2. The van der Waals surface area contributed by atoms with Crippen LogP contribution in [-0.2, 0) is 10.5 Å². The fourth-order valence-corrected chi connectivity index (χ4v) is 5.52. The quantitative estimate of drug-likeness (QED) is 0.307. The van der Waals surface area contributed by atoms with E-state index in [-0.39, 0.29) is 5.91 Å². The lowest BCUT2D eigenvalue weighted by molar-refractivity contribution is -0.113. The Morgan fingerprint density at radius 1 is 1.00 bits per heavy atom. The van der Waals surface area contributed by atoms with Crippen molar-refractivity contribution in [3.8, 4) is 17.2 Å². The van der Waals surface area contributed by atoms with Gasteiger partial charge in [0.15, 0.2) is 16.7 Å². The summed E-state index contributed by atoms with van der Waals surface area (Å²) in [4.78, 5) is 18.5. The minimum Gasteiger partial charge on any atom is -0.493 e. The Hall–Kier alpha value is -3.33. The average molecular weight is 573 g/mol. The number of thioether (sulfide) groups is 1. The zero-order valence-electron chi connectivity index (χ0n) is 21.3. The fourth-order valence-electron chi connectivity index (χ4n) is 4.02. The number of para-hydroxylation sites is 1. The molecule has 1 amide bonds. The first-order valence-corrected chi connectivity index (χ1v) is 13.4. The highest BCUT2D eigenvalue weighted by molar-refractivity contribution is 8.13. The van der Waals surface area contributed by atoms with E-state index in [4.69, 9.17) is 42.4 Å². The molecule has 1 aliphatic rings. The second-order valence-corrected chi connectivity index (χ2v) is 10.1. The predicted molar refractivity (Wildman–Crippen MR) is 155 cm³/mol. The van der Waals surface area contributed by atoms with Crippen molar-refractivity contribution in [2.45, 2.75) is 18.7 Å². The number of allylic oxidation sites excluding steroid dienone is 1. The first-order chi connectivity index (χ1) is 18.3. The number of nitrogens with zero attached hydrogens (tertiary/aromatic N) is 1. The second kappa shape index (κ2) is 12.5. The molecule has 0 spiro atoms. The summed E-state index contributed by atoms with van der Waals surface area (Å²) in [6, 6.07) is 17.7. The van der Waals surface area contributed by atoms with E-state index in [0.29, 0.717) is 60.7 Å². The van der Waals surface area contributed by atoms with Crippen LogP contribution in [0.15, 0.2) is 76.9 Å². The zero-order valence-corrected chi connectivity index (χ0v) is 23.6. The van der Waals surface area contributed by atoms with Crippen molar-refractivity contribution in [3.63, 3.8) is 0 Å². The van der Waals surface area contributed by atoms with Crippen molar-refractivity contribution in [2.75, 3.05) is 26.6 Å². The Kier molecular flexibility index (Phi) is 9.09. The van der Waals surface area contributed by atoms with Gasteiger partial charge in [-0.1, -0.05) is 59.2 Å². The molecule has 2 N–H and O–H groups in total. The van der Waals surface area contributed by atoms with E-state index < -0.39 is 6.04 Å². The lowest BCUT2D eigenvalue weighted by atomic mass is 9.95. The van der Waals surface area contributed by atoms with Gasteiger partial charge in [-0.3, -0.25) is 4.79 Å². The summed E-state index contributed by atoms with van der Waals surface area (Å²) in [5.41, 5.74) is 3.46. The van der Waals surface area contributed by atoms with Gasteiger partial charge in [-0.05, 0) is 54.4 Å². The number of rotatable bonds is 8. The molecule has 0 bridgehead atoms. The summed E-state index contributed by atoms with van der Waals surface area (Å²) in [7, 11) is 4.64. The third kappa shape index (κ3) is 6.20. The van der Waals surface area contributed by atoms with Crippen molar-refractivity contribution >= 4 is 51.7 Å². The topological polar surface area (TPSA) is 81.2 Å². The van der Waals surface area contributed by atoms with Gasteiger partial charge in [-0.25, -0.2) is 4.99 Å². The molecule has 38 heavy (non-hydrogen) atoms. The largest absolute Gasteiger partial charge is 0.493 e. The van der Waals surface area contributed by atoms with Crippen LogP contribution in [0.1, 0.15) is 24.1 Å². The standard InChI is InChI=1S/C28H27Cl2N3O4S/c1-16-24(27(34)32-20-8-6-5-7-9-20)25(18-12-22(35-2)26(37-4)23(13-18)36-3)33-28(31-16)38-15-17-10-11-19(29)14-21(17)30/h5-14,25H,15H2,1-4H3,(H,31,33)(H,32,34)/t25-/m0/s1. The molecule has 1 heterocycles. The van der Waals surface area contributed by atoms with Crippen LogP contribution in [0.5, 0.6) is 17.2 Å². The summed E-state index contributed by atoms with van der Waals surface area (Å²) in [6.07, 6.45) is 0. The van der Waals surface area contributed by atoms with Crippen LogP contribution in [-0.4, -0.2) is 32.4 Å². The molecular weight excluding hydrogens is 545 g/mol. The minimum absolute atomic E-state index is 0.270. The number of amidine groups is 1. The molecule has 0 unspecified atom stereocenters. The molecule has 0 aromatic heterocycles. The number of hydrogen-bond acceptors (Lipinski definition) is 7. The second-order valence-electron chi connectivity index (χ2n) is 8.30. The number of anilines is 1. The molecule has 4 rings (SSSR count). The first-order valence-electron chi connectivity index (χ1n) is 11.6. The molecule has 198 valence electrons. The molecule has 1 atom stereocenters. The van der Waals surface area contributed by atoms with E-state index in [1.807, 2.05) is 55.5 Å². The Labute approximate surface area is 236 Å². The number of amides is 1. The van der Waals surface area contributed by atoms with E-state index in [2.05, 4.69) is 10.6 Å². The smallest absolute Gasteiger partial charge is 0.255 e. The molecule has 0 radical (unpaired) electrons. The van der Waals surface area contributed by atoms with Crippen LogP contribution >= 0.6 is 35.0 Å². The lowest BCUT2D eigenvalue weighted by Gasteiger charge is -2.27. The number of nitrogens with one attached hydrogen (secondary N) is 2. The van der Waals surface area contributed by atoms with Gasteiger partial charge in [0.2, 0.25) is 5.75 Å². The molecule has 0 fully saturated rings. The number of carbonyl (C=O) groups excluding carboxylic acids is 1. The third-order valence-corrected chi connectivity index (χ3v) is 7.40. The van der Waals surface area contributed by atoms with Crippen LogP contribution in [0.25, 0.3) is 0 Å². The van der Waals surface area contributed by atoms with Gasteiger partial charge < -0.3 is 24.8 Å². The number of ether oxygens (including phenoxy) is 3. The summed E-state index contributed by atoms with van der Waals surface area (Å²) >= 11 is 13.9. The molecular formula is C28H27Cl2N3O4S. The van der Waals surface area contributed by atoms with Crippen molar-refractivity contribution in [2.24, 2.45) is 4.99 Å². The normalized spacial score (nSPS) is 14.9. The van der Waals surface area contributed by atoms with Gasteiger partial charge in [0.05, 0.1) is 26.9 Å². The van der Waals surface area contributed by atoms with Crippen molar-refractivity contribution in [3.05, 3.63) is 93.1 Å². The highest BCUT2D eigenvalue weighted by atomic mass is 35.5. The molecule has 3 aromatic rings. The zero-order chi connectivity index (χ0) is 27.2. The molecule has 7 nitrogen and oxygen atoms in total. The molecule has 1 aliphatic heterocycles. The highest BCUT2D eigenvalue weighted by Crippen LogP contribution is 2.43. The van der Waals surface area contributed by atoms with E-state index in [1.54, 1.807) is 33.5 Å². The van der Waals surface area contributed by atoms with Crippen LogP contribution in [0, 0.1) is 0 Å². The van der Waals surface area contributed by atoms with Crippen LogP contribution in [0.4, 0.5) is 5.69 Å². The number of halogens is 2. The maximum Gasteiger partial charge on any atom is 0.255 e. The fraction of sp³-hybridized carbons (Fsp3) is 0.214. The monoisotopic (exact) mass is 571 g/mol. The van der Waals surface area contributed by atoms with Crippen molar-refractivity contribution in [1.29, 1.82) is 0 Å². The Morgan fingerprint density at radius 3 is 2.29 bits per heavy atom. The molecule has 3 aromatic carbocycles. The summed E-state index contributed by atoms with van der Waals surface area (Å²) in [5, 5.41) is 8.07. The van der Waals surface area contributed by atoms with Crippen molar-refractivity contribution in [1.82, 2.24) is 5.32 Å². The van der Waals surface area contributed by atoms with E-state index in [1.165, 1.54) is 11.8 Å². The van der Waals surface area contributed by atoms with Gasteiger partial charge in [-0.15, -0.1) is 0 Å². The average Bonchev–Trinajstić information content (AvgIpc) is 2.91. The van der Waals surface area contributed by atoms with Gasteiger partial charge in [-0.2, -0.15) is 0 Å². The Morgan fingerprint density at radius 2 is 1.68 bits per heavy atom. The van der Waals surface area contributed by atoms with E-state index >= 15 is 0 Å². The molecule has 0 saturated heterocycles. The number of aliphatic imine (C=N–C) groups is 1. The Bertz CT molecular complexity index is 1370. The maximum atomic E-state index is 13.6. The minimum atomic E-state index is -0.642. The van der Waals surface area contributed by atoms with Gasteiger partial charge in [0, 0.05) is 27.2 Å². The lowest BCUT2D eigenvalue weighted by Crippen LogP contribution is -2.32. The summed E-state index contributed by atoms with van der Waals surface area (Å²) in [5.74, 6) is 1.69. The van der Waals surface area contributed by atoms with E-state index in [9.17, 15) is 4.79 Å². The highest BCUT2D eigenvalue weighted by Gasteiger charge is 2.31. The molecule has 0 saturated carbocycles. The summed E-state index contributed by atoms with van der Waals surface area (Å²) < 4.78 is 16.6. The number of benzene rings is 3. The molecule has 0 aliphatic carbocycles.